The smallest absolute Gasteiger partial charge is 0.336 e. The van der Waals surface area contributed by atoms with Crippen LogP contribution in [0.3, 0.4) is 0 Å². The number of nitrogens with zero attached hydrogens (tertiary/aromatic N) is 1. The molecule has 4 heteroatoms. The van der Waals surface area contributed by atoms with Gasteiger partial charge in [0, 0.05) is 11.4 Å². The lowest BCUT2D eigenvalue weighted by Crippen LogP contribution is -2.31. The van der Waals surface area contributed by atoms with Crippen molar-refractivity contribution in [3.63, 3.8) is 0 Å². The first-order chi connectivity index (χ1) is 9.65. The fourth-order valence-electron chi connectivity index (χ4n) is 2.72. The Balaban J connectivity index is 1.96. The van der Waals surface area contributed by atoms with E-state index in [9.17, 15) is 9.90 Å². The van der Waals surface area contributed by atoms with Crippen molar-refractivity contribution in [3.8, 4) is 0 Å². The SMILES string of the molecule is CC(Nc1cc(C(=O)O)c2ccccc2n1)C1CCC1. The van der Waals surface area contributed by atoms with E-state index < -0.39 is 5.97 Å². The topological polar surface area (TPSA) is 62.2 Å². The molecular weight excluding hydrogens is 252 g/mol. The molecule has 4 nitrogen and oxygen atoms in total. The van der Waals surface area contributed by atoms with Gasteiger partial charge in [-0.2, -0.15) is 0 Å². The molecule has 1 aliphatic rings. The summed E-state index contributed by atoms with van der Waals surface area (Å²) < 4.78 is 0. The van der Waals surface area contributed by atoms with E-state index in [-0.39, 0.29) is 0 Å². The number of carboxylic acid groups (broad SMARTS) is 1. The number of carbonyl (C=O) groups is 1. The summed E-state index contributed by atoms with van der Waals surface area (Å²) >= 11 is 0. The maximum atomic E-state index is 11.4. The summed E-state index contributed by atoms with van der Waals surface area (Å²) in [6, 6.07) is 9.32. The Morgan fingerprint density at radius 2 is 2.15 bits per heavy atom. The van der Waals surface area contributed by atoms with Crippen molar-refractivity contribution in [3.05, 3.63) is 35.9 Å². The first-order valence-electron chi connectivity index (χ1n) is 7.05. The van der Waals surface area contributed by atoms with Crippen molar-refractivity contribution >= 4 is 22.7 Å². The normalized spacial score (nSPS) is 16.6. The molecule has 1 aromatic carbocycles. The van der Waals surface area contributed by atoms with E-state index in [1.165, 1.54) is 19.3 Å². The van der Waals surface area contributed by atoms with E-state index in [0.29, 0.717) is 28.7 Å². The Hall–Kier alpha value is -2.10. The maximum absolute atomic E-state index is 11.4. The van der Waals surface area contributed by atoms with Gasteiger partial charge in [0.25, 0.3) is 0 Å². The molecule has 0 radical (unpaired) electrons. The van der Waals surface area contributed by atoms with Crippen LogP contribution in [0.15, 0.2) is 30.3 Å². The maximum Gasteiger partial charge on any atom is 0.336 e. The van der Waals surface area contributed by atoms with Crippen LogP contribution in [0.25, 0.3) is 10.9 Å². The van der Waals surface area contributed by atoms with Crippen LogP contribution >= 0.6 is 0 Å². The van der Waals surface area contributed by atoms with Gasteiger partial charge in [-0.15, -0.1) is 0 Å². The van der Waals surface area contributed by atoms with Gasteiger partial charge in [-0.3, -0.25) is 0 Å². The Morgan fingerprint density at radius 3 is 2.80 bits per heavy atom. The average molecular weight is 270 g/mol. The van der Waals surface area contributed by atoms with Gasteiger partial charge in [0.1, 0.15) is 5.82 Å². The van der Waals surface area contributed by atoms with Gasteiger partial charge in [0.15, 0.2) is 0 Å². The Labute approximate surface area is 117 Å². The van der Waals surface area contributed by atoms with Crippen molar-refractivity contribution in [2.75, 3.05) is 5.32 Å². The number of benzene rings is 1. The zero-order chi connectivity index (χ0) is 14.1. The minimum absolute atomic E-state index is 0.305. The van der Waals surface area contributed by atoms with Crippen molar-refractivity contribution in [2.45, 2.75) is 32.2 Å². The molecule has 1 aliphatic carbocycles. The van der Waals surface area contributed by atoms with Crippen molar-refractivity contribution in [1.82, 2.24) is 4.98 Å². The predicted octanol–water partition coefficient (Wildman–Crippen LogP) is 3.53. The summed E-state index contributed by atoms with van der Waals surface area (Å²) in [7, 11) is 0. The quantitative estimate of drug-likeness (QED) is 0.892. The van der Waals surface area contributed by atoms with Crippen LogP contribution in [0.2, 0.25) is 0 Å². The van der Waals surface area contributed by atoms with Gasteiger partial charge in [-0.1, -0.05) is 24.6 Å². The van der Waals surface area contributed by atoms with Gasteiger partial charge in [0.2, 0.25) is 0 Å². The summed E-state index contributed by atoms with van der Waals surface area (Å²) in [5.74, 6) is 0.417. The molecule has 2 aromatic rings. The minimum Gasteiger partial charge on any atom is -0.478 e. The van der Waals surface area contributed by atoms with Crippen molar-refractivity contribution in [1.29, 1.82) is 0 Å². The standard InChI is InChI=1S/C16H18N2O2/c1-10(11-5-4-6-11)17-15-9-13(16(19)20)12-7-2-3-8-14(12)18-15/h2-3,7-11H,4-6H2,1H3,(H,17,18)(H,19,20). The van der Waals surface area contributed by atoms with E-state index in [1.807, 2.05) is 18.2 Å². The number of aromatic nitrogens is 1. The number of aromatic carboxylic acids is 1. The number of anilines is 1. The lowest BCUT2D eigenvalue weighted by molar-refractivity contribution is 0.0699. The molecule has 0 bridgehead atoms. The van der Waals surface area contributed by atoms with Crippen LogP contribution in [0.4, 0.5) is 5.82 Å². The molecule has 0 amide bonds. The highest BCUT2D eigenvalue weighted by Gasteiger charge is 2.24. The van der Waals surface area contributed by atoms with Gasteiger partial charge in [-0.25, -0.2) is 9.78 Å². The highest BCUT2D eigenvalue weighted by molar-refractivity contribution is 6.03. The van der Waals surface area contributed by atoms with E-state index in [2.05, 4.69) is 17.2 Å². The largest absolute Gasteiger partial charge is 0.478 e. The van der Waals surface area contributed by atoms with Gasteiger partial charge in [-0.05, 0) is 37.8 Å². The molecule has 1 saturated carbocycles. The summed E-state index contributed by atoms with van der Waals surface area (Å²) in [5.41, 5.74) is 1.02. The number of hydrogen-bond donors (Lipinski definition) is 2. The van der Waals surface area contributed by atoms with Crippen molar-refractivity contribution in [2.24, 2.45) is 5.92 Å². The first kappa shape index (κ1) is 12.9. The molecule has 2 N–H and O–H groups in total. The molecule has 104 valence electrons. The monoisotopic (exact) mass is 270 g/mol. The third-order valence-corrected chi connectivity index (χ3v) is 4.18. The number of rotatable bonds is 4. The summed E-state index contributed by atoms with van der Waals surface area (Å²) in [5, 5.41) is 13.4. The lowest BCUT2D eigenvalue weighted by Gasteiger charge is -2.32. The number of fused-ring (bicyclic) bond motifs is 1. The summed E-state index contributed by atoms with van der Waals surface area (Å²) in [6.45, 7) is 2.14. The zero-order valence-electron chi connectivity index (χ0n) is 11.5. The van der Waals surface area contributed by atoms with E-state index >= 15 is 0 Å². The second kappa shape index (κ2) is 5.12. The number of pyridine rings is 1. The summed E-state index contributed by atoms with van der Waals surface area (Å²) in [4.78, 5) is 15.9. The van der Waals surface area contributed by atoms with Crippen LogP contribution in [0, 0.1) is 5.92 Å². The van der Waals surface area contributed by atoms with E-state index in [0.717, 1.165) is 5.52 Å². The molecule has 1 aromatic heterocycles. The number of hydrogen-bond acceptors (Lipinski definition) is 3. The minimum atomic E-state index is -0.914. The van der Waals surface area contributed by atoms with Crippen LogP contribution in [0.1, 0.15) is 36.5 Å². The van der Waals surface area contributed by atoms with E-state index in [1.54, 1.807) is 12.1 Å². The van der Waals surface area contributed by atoms with Crippen LogP contribution in [-0.4, -0.2) is 22.1 Å². The lowest BCUT2D eigenvalue weighted by atomic mass is 9.80. The molecule has 1 fully saturated rings. The molecule has 1 atom stereocenters. The third kappa shape index (κ3) is 2.33. The number of carboxylic acids is 1. The molecule has 1 heterocycles. The van der Waals surface area contributed by atoms with Gasteiger partial charge >= 0.3 is 5.97 Å². The molecule has 3 rings (SSSR count). The molecule has 20 heavy (non-hydrogen) atoms. The fourth-order valence-corrected chi connectivity index (χ4v) is 2.72. The molecule has 0 spiro atoms. The second-order valence-corrected chi connectivity index (χ2v) is 5.50. The van der Waals surface area contributed by atoms with Crippen LogP contribution in [0.5, 0.6) is 0 Å². The molecule has 0 saturated heterocycles. The molecule has 0 aliphatic heterocycles. The first-order valence-corrected chi connectivity index (χ1v) is 7.05. The highest BCUT2D eigenvalue weighted by atomic mass is 16.4. The van der Waals surface area contributed by atoms with E-state index in [4.69, 9.17) is 0 Å². The van der Waals surface area contributed by atoms with Gasteiger partial charge < -0.3 is 10.4 Å². The fraction of sp³-hybridized carbons (Fsp3) is 0.375. The predicted molar refractivity (Wildman–Crippen MR) is 79.1 cm³/mol. The van der Waals surface area contributed by atoms with Crippen LogP contribution < -0.4 is 5.32 Å². The Bertz CT molecular complexity index is 650. The summed E-state index contributed by atoms with van der Waals surface area (Å²) in [6.07, 6.45) is 3.78. The second-order valence-electron chi connectivity index (χ2n) is 5.50. The number of nitrogens with one attached hydrogen (secondary N) is 1. The third-order valence-electron chi connectivity index (χ3n) is 4.18. The van der Waals surface area contributed by atoms with Crippen LogP contribution in [-0.2, 0) is 0 Å². The molecular formula is C16H18N2O2. The Kier molecular flexibility index (Phi) is 3.30. The highest BCUT2D eigenvalue weighted by Crippen LogP contribution is 2.31. The average Bonchev–Trinajstić information content (AvgIpc) is 2.35. The number of para-hydroxylation sites is 1. The zero-order valence-corrected chi connectivity index (χ0v) is 11.5. The van der Waals surface area contributed by atoms with Crippen molar-refractivity contribution < 1.29 is 9.90 Å². The molecule has 1 unspecified atom stereocenters. The van der Waals surface area contributed by atoms with Gasteiger partial charge in [0.05, 0.1) is 11.1 Å². The Morgan fingerprint density at radius 1 is 1.40 bits per heavy atom.